The largest absolute Gasteiger partial charge is 0.495 e. The molecule has 0 aliphatic carbocycles. The number of hydrogen-bond acceptors (Lipinski definition) is 9. The number of nitrogens with two attached hydrogens (primary N) is 2. The van der Waals surface area contributed by atoms with E-state index >= 15 is 0 Å². The summed E-state index contributed by atoms with van der Waals surface area (Å²) in [5.41, 5.74) is 12.3. The standard InChI is InChI=1S/C21H25ClN6O5/c1-5-33-19(31)18(11(3)30)17(10(2)29)14-9-16(23)27-21(26-14)28-20(24)25-13-8-12(22)6-7-15(13)32-4/h6-9,17-18H,5H2,1-4H3,(H5,23,24,25,26,27,28). The number of aliphatic imine (C=N–C) groups is 1. The molecule has 176 valence electrons. The fourth-order valence-electron chi connectivity index (χ4n) is 3.12. The normalized spacial score (nSPS) is 13.1. The lowest BCUT2D eigenvalue weighted by atomic mass is 9.83. The molecule has 0 saturated heterocycles. The van der Waals surface area contributed by atoms with Gasteiger partial charge in [-0.25, -0.2) is 4.98 Å². The third kappa shape index (κ3) is 6.62. The van der Waals surface area contributed by atoms with Gasteiger partial charge in [-0.15, -0.1) is 0 Å². The summed E-state index contributed by atoms with van der Waals surface area (Å²) in [6.45, 7) is 4.08. The molecule has 0 bridgehead atoms. The lowest BCUT2D eigenvalue weighted by Gasteiger charge is -2.21. The number of hydrogen-bond donors (Lipinski definition) is 3. The van der Waals surface area contributed by atoms with Crippen molar-refractivity contribution in [2.24, 2.45) is 16.6 Å². The lowest BCUT2D eigenvalue weighted by molar-refractivity contribution is -0.153. The second-order valence-corrected chi connectivity index (χ2v) is 7.35. The fraction of sp³-hybridized carbons (Fsp3) is 0.333. The Morgan fingerprint density at radius 1 is 1.18 bits per heavy atom. The minimum atomic E-state index is -1.39. The number of guanidine groups is 1. The van der Waals surface area contributed by atoms with Crippen LogP contribution in [0.3, 0.4) is 0 Å². The van der Waals surface area contributed by atoms with Crippen molar-refractivity contribution in [3.8, 4) is 5.75 Å². The molecule has 0 radical (unpaired) electrons. The number of benzene rings is 1. The highest BCUT2D eigenvalue weighted by Gasteiger charge is 2.39. The quantitative estimate of drug-likeness (QED) is 0.211. The zero-order valence-corrected chi connectivity index (χ0v) is 19.3. The number of anilines is 2. The highest BCUT2D eigenvalue weighted by atomic mass is 35.5. The van der Waals surface area contributed by atoms with Crippen molar-refractivity contribution in [3.63, 3.8) is 0 Å². The number of Topliss-reactive ketones (excluding diaryl/α,β-unsaturated/α-hetero) is 2. The van der Waals surface area contributed by atoms with Crippen LogP contribution in [0.2, 0.25) is 5.02 Å². The molecule has 2 rings (SSSR count). The highest BCUT2D eigenvalue weighted by Crippen LogP contribution is 2.30. The minimum Gasteiger partial charge on any atom is -0.495 e. The van der Waals surface area contributed by atoms with E-state index in [2.05, 4.69) is 20.3 Å². The van der Waals surface area contributed by atoms with Crippen LogP contribution in [0.15, 0.2) is 29.3 Å². The van der Waals surface area contributed by atoms with E-state index in [9.17, 15) is 14.4 Å². The first-order chi connectivity index (χ1) is 15.6. The van der Waals surface area contributed by atoms with Gasteiger partial charge in [-0.2, -0.15) is 9.98 Å². The van der Waals surface area contributed by atoms with Crippen molar-refractivity contribution >= 4 is 52.5 Å². The summed E-state index contributed by atoms with van der Waals surface area (Å²) in [6, 6.07) is 6.16. The van der Waals surface area contributed by atoms with Gasteiger partial charge >= 0.3 is 5.97 Å². The van der Waals surface area contributed by atoms with Crippen LogP contribution in [0.4, 0.5) is 17.5 Å². The van der Waals surface area contributed by atoms with Crippen molar-refractivity contribution < 1.29 is 23.9 Å². The number of ether oxygens (including phenoxy) is 2. The average molecular weight is 477 g/mol. The third-order valence-corrected chi connectivity index (χ3v) is 4.70. The zero-order chi connectivity index (χ0) is 24.7. The Kier molecular flexibility index (Phi) is 8.69. The molecule has 0 aliphatic rings. The Labute approximate surface area is 195 Å². The molecule has 0 spiro atoms. The second-order valence-electron chi connectivity index (χ2n) is 6.91. The van der Waals surface area contributed by atoms with Crippen molar-refractivity contribution in [2.45, 2.75) is 26.7 Å². The van der Waals surface area contributed by atoms with Crippen molar-refractivity contribution in [1.82, 2.24) is 9.97 Å². The molecule has 0 amide bonds. The number of ketones is 2. The van der Waals surface area contributed by atoms with E-state index in [-0.39, 0.29) is 30.0 Å². The van der Waals surface area contributed by atoms with Gasteiger partial charge in [0.05, 0.1) is 31.0 Å². The molecule has 11 nitrogen and oxygen atoms in total. The summed E-state index contributed by atoms with van der Waals surface area (Å²) in [4.78, 5) is 49.3. The molecule has 2 atom stereocenters. The Balaban J connectivity index is 2.46. The number of aromatic nitrogens is 2. The molecule has 0 aliphatic heterocycles. The first-order valence-corrected chi connectivity index (χ1v) is 10.2. The molecule has 0 saturated carbocycles. The monoisotopic (exact) mass is 476 g/mol. The number of nitrogen functional groups attached to an aromatic ring is 1. The molecule has 2 aromatic rings. The number of esters is 1. The summed E-state index contributed by atoms with van der Waals surface area (Å²) in [5, 5.41) is 3.26. The number of nitrogens with one attached hydrogen (secondary N) is 1. The van der Waals surface area contributed by atoms with Gasteiger partial charge in [0.1, 0.15) is 29.1 Å². The first-order valence-electron chi connectivity index (χ1n) is 9.84. The third-order valence-electron chi connectivity index (χ3n) is 4.47. The number of carbonyl (C=O) groups is 3. The van der Waals surface area contributed by atoms with E-state index in [1.54, 1.807) is 25.1 Å². The van der Waals surface area contributed by atoms with E-state index < -0.39 is 29.4 Å². The van der Waals surface area contributed by atoms with E-state index in [4.69, 9.17) is 32.5 Å². The van der Waals surface area contributed by atoms with Gasteiger partial charge < -0.3 is 26.3 Å². The van der Waals surface area contributed by atoms with Crippen LogP contribution in [-0.4, -0.2) is 47.2 Å². The molecular formula is C21H25ClN6O5. The molecule has 5 N–H and O–H groups in total. The number of rotatable bonds is 9. The predicted molar refractivity (Wildman–Crippen MR) is 124 cm³/mol. The summed E-state index contributed by atoms with van der Waals surface area (Å²) in [6.07, 6.45) is 0. The second kappa shape index (κ2) is 11.2. The molecule has 1 heterocycles. The van der Waals surface area contributed by atoms with Gasteiger partial charge in [-0.3, -0.25) is 14.4 Å². The van der Waals surface area contributed by atoms with E-state index in [1.165, 1.54) is 27.0 Å². The zero-order valence-electron chi connectivity index (χ0n) is 18.6. The Hall–Kier alpha value is -3.73. The van der Waals surface area contributed by atoms with Gasteiger partial charge in [0.15, 0.2) is 0 Å². The summed E-state index contributed by atoms with van der Waals surface area (Å²) >= 11 is 6.01. The van der Waals surface area contributed by atoms with E-state index in [0.717, 1.165) is 0 Å². The molecule has 1 aromatic carbocycles. The molecule has 33 heavy (non-hydrogen) atoms. The van der Waals surface area contributed by atoms with Crippen molar-refractivity contribution in [2.75, 3.05) is 24.8 Å². The van der Waals surface area contributed by atoms with E-state index in [1.807, 2.05) is 0 Å². The van der Waals surface area contributed by atoms with Crippen LogP contribution in [-0.2, 0) is 19.1 Å². The van der Waals surface area contributed by atoms with Gasteiger partial charge in [0.2, 0.25) is 5.96 Å². The van der Waals surface area contributed by atoms with Crippen LogP contribution < -0.4 is 21.5 Å². The maximum Gasteiger partial charge on any atom is 0.317 e. The number of halogens is 1. The lowest BCUT2D eigenvalue weighted by Crippen LogP contribution is -2.34. The van der Waals surface area contributed by atoms with Gasteiger partial charge in [0.25, 0.3) is 5.95 Å². The van der Waals surface area contributed by atoms with Crippen LogP contribution in [0.1, 0.15) is 32.4 Å². The minimum absolute atomic E-state index is 0.0372. The Morgan fingerprint density at radius 2 is 1.88 bits per heavy atom. The topological polar surface area (TPSA) is 172 Å². The average Bonchev–Trinajstić information content (AvgIpc) is 2.71. The summed E-state index contributed by atoms with van der Waals surface area (Å²) < 4.78 is 10.2. The molecule has 12 heteroatoms. The predicted octanol–water partition coefficient (Wildman–Crippen LogP) is 2.22. The van der Waals surface area contributed by atoms with E-state index in [0.29, 0.717) is 16.5 Å². The van der Waals surface area contributed by atoms with Crippen molar-refractivity contribution in [1.29, 1.82) is 0 Å². The highest BCUT2D eigenvalue weighted by molar-refractivity contribution is 6.31. The molecule has 0 fully saturated rings. The summed E-state index contributed by atoms with van der Waals surface area (Å²) in [7, 11) is 1.48. The number of methoxy groups -OCH3 is 1. The van der Waals surface area contributed by atoms with Gasteiger partial charge in [0, 0.05) is 11.1 Å². The molecular weight excluding hydrogens is 452 g/mol. The van der Waals surface area contributed by atoms with Gasteiger partial charge in [-0.1, -0.05) is 11.6 Å². The maximum absolute atomic E-state index is 12.4. The SMILES string of the molecule is CCOC(=O)C(C(C)=O)C(C(C)=O)c1cc(N)nc(/N=C(\N)Nc2cc(Cl)ccc2OC)n1. The number of carbonyl (C=O) groups excluding carboxylic acids is 3. The van der Waals surface area contributed by atoms with Crippen molar-refractivity contribution in [3.05, 3.63) is 35.0 Å². The van der Waals surface area contributed by atoms with Crippen LogP contribution in [0.5, 0.6) is 5.75 Å². The van der Waals surface area contributed by atoms with Crippen LogP contribution in [0, 0.1) is 5.92 Å². The summed E-state index contributed by atoms with van der Waals surface area (Å²) in [5.74, 6) is -4.37. The maximum atomic E-state index is 12.4. The van der Waals surface area contributed by atoms with Crippen LogP contribution in [0.25, 0.3) is 0 Å². The Morgan fingerprint density at radius 3 is 2.45 bits per heavy atom. The molecule has 2 unspecified atom stereocenters. The Bertz CT molecular complexity index is 1090. The first kappa shape index (κ1) is 25.5. The van der Waals surface area contributed by atoms with Gasteiger partial charge in [-0.05, 0) is 39.0 Å². The van der Waals surface area contributed by atoms with Crippen LogP contribution >= 0.6 is 11.6 Å². The molecule has 1 aromatic heterocycles. The number of nitrogens with zero attached hydrogens (tertiary/aromatic N) is 3. The smallest absolute Gasteiger partial charge is 0.317 e. The fourth-order valence-corrected chi connectivity index (χ4v) is 3.29.